The first-order valence-corrected chi connectivity index (χ1v) is 9.48. The van der Waals surface area contributed by atoms with Crippen LogP contribution in [-0.2, 0) is 6.18 Å². The van der Waals surface area contributed by atoms with Crippen molar-refractivity contribution in [3.8, 4) is 0 Å². The molecule has 0 saturated carbocycles. The first-order valence-electron chi connectivity index (χ1n) is 7.80. The third-order valence-electron chi connectivity index (χ3n) is 4.22. The van der Waals surface area contributed by atoms with Crippen molar-refractivity contribution in [2.24, 2.45) is 0 Å². The molecule has 1 aromatic carbocycles. The maximum absolute atomic E-state index is 12.8. The van der Waals surface area contributed by atoms with E-state index in [0.29, 0.717) is 37.8 Å². The maximum Gasteiger partial charge on any atom is 0.416 e. The van der Waals surface area contributed by atoms with E-state index in [0.717, 1.165) is 15.9 Å². The van der Waals surface area contributed by atoms with Crippen LogP contribution in [0.1, 0.15) is 15.9 Å². The Morgan fingerprint density at radius 3 is 2.37 bits per heavy atom. The van der Waals surface area contributed by atoms with Gasteiger partial charge in [-0.1, -0.05) is 0 Å². The highest BCUT2D eigenvalue weighted by atomic mass is 79.9. The summed E-state index contributed by atoms with van der Waals surface area (Å²) >= 11 is 4.70. The average molecular weight is 464 g/mol. The van der Waals surface area contributed by atoms with Gasteiger partial charge in [0.05, 0.1) is 19.8 Å². The molecule has 1 saturated heterocycles. The molecule has 0 spiro atoms. The number of alkyl halides is 3. The van der Waals surface area contributed by atoms with Gasteiger partial charge in [-0.2, -0.15) is 13.2 Å². The number of hydrogen-bond donors (Lipinski definition) is 0. The summed E-state index contributed by atoms with van der Waals surface area (Å²) in [4.78, 5) is 26.1. The molecule has 11 heteroatoms. The van der Waals surface area contributed by atoms with Crippen molar-refractivity contribution in [3.05, 3.63) is 54.7 Å². The molecule has 0 radical (unpaired) electrons. The fourth-order valence-corrected chi connectivity index (χ4v) is 4.00. The lowest BCUT2D eigenvalue weighted by molar-refractivity contribution is -0.384. The Morgan fingerprint density at radius 2 is 1.85 bits per heavy atom. The van der Waals surface area contributed by atoms with Gasteiger partial charge in [-0.05, 0) is 34.1 Å². The molecule has 6 nitrogen and oxygen atoms in total. The Kier molecular flexibility index (Phi) is 5.43. The van der Waals surface area contributed by atoms with Crippen LogP contribution in [0.15, 0.2) is 33.4 Å². The number of halogens is 4. The van der Waals surface area contributed by atoms with Crippen LogP contribution < -0.4 is 4.90 Å². The number of benzene rings is 1. The Balaban J connectivity index is 1.76. The van der Waals surface area contributed by atoms with E-state index in [1.54, 1.807) is 21.2 Å². The van der Waals surface area contributed by atoms with Gasteiger partial charge in [0.2, 0.25) is 0 Å². The Hall–Kier alpha value is -2.14. The number of anilines is 1. The smallest absolute Gasteiger partial charge is 0.362 e. The lowest BCUT2D eigenvalue weighted by Crippen LogP contribution is -2.48. The van der Waals surface area contributed by atoms with Crippen LogP contribution in [0.3, 0.4) is 0 Å². The summed E-state index contributed by atoms with van der Waals surface area (Å²) in [5.41, 5.74) is -0.972. The topological polar surface area (TPSA) is 66.7 Å². The highest BCUT2D eigenvalue weighted by Crippen LogP contribution is 2.36. The molecule has 144 valence electrons. The normalized spacial score (nSPS) is 15.1. The van der Waals surface area contributed by atoms with Gasteiger partial charge in [-0.3, -0.25) is 14.9 Å². The minimum atomic E-state index is -4.65. The highest BCUT2D eigenvalue weighted by molar-refractivity contribution is 9.11. The number of rotatable bonds is 3. The van der Waals surface area contributed by atoms with Gasteiger partial charge in [0, 0.05) is 37.6 Å². The summed E-state index contributed by atoms with van der Waals surface area (Å²) in [6.45, 7) is 1.24. The first kappa shape index (κ1) is 19.6. The molecule has 27 heavy (non-hydrogen) atoms. The highest BCUT2D eigenvalue weighted by Gasteiger charge is 2.34. The quantitative estimate of drug-likeness (QED) is 0.499. The second kappa shape index (κ2) is 7.47. The van der Waals surface area contributed by atoms with Gasteiger partial charge in [-0.15, -0.1) is 11.3 Å². The number of piperazine rings is 1. The van der Waals surface area contributed by atoms with E-state index in [9.17, 15) is 28.1 Å². The monoisotopic (exact) mass is 463 g/mol. The molecular weight excluding hydrogens is 451 g/mol. The van der Waals surface area contributed by atoms with Crippen molar-refractivity contribution in [2.45, 2.75) is 6.18 Å². The molecule has 0 unspecified atom stereocenters. The second-order valence-corrected chi connectivity index (χ2v) is 8.17. The molecule has 0 aliphatic carbocycles. The summed E-state index contributed by atoms with van der Waals surface area (Å²) in [6, 6.07) is 4.23. The van der Waals surface area contributed by atoms with E-state index >= 15 is 0 Å². The van der Waals surface area contributed by atoms with Gasteiger partial charge < -0.3 is 9.80 Å². The Bertz CT molecular complexity index is 879. The molecular formula is C16H13BrF3N3O3S. The number of hydrogen-bond acceptors (Lipinski definition) is 5. The molecule has 1 aliphatic rings. The number of amides is 1. The maximum atomic E-state index is 12.8. The molecule has 1 amide bonds. The lowest BCUT2D eigenvalue weighted by Gasteiger charge is -2.35. The number of nitro groups is 1. The molecule has 3 rings (SSSR count). The van der Waals surface area contributed by atoms with Crippen molar-refractivity contribution in [2.75, 3.05) is 31.1 Å². The number of thiophene rings is 1. The Morgan fingerprint density at radius 1 is 1.19 bits per heavy atom. The standard InChI is InChI=1S/C16H13BrF3N3O3S/c17-14-7-10(9-27-14)15(24)22-5-3-21(4-6-22)12-2-1-11(16(18,19)20)8-13(12)23(25)26/h1-2,7-9H,3-6H2. The van der Waals surface area contributed by atoms with Crippen molar-refractivity contribution in [3.63, 3.8) is 0 Å². The molecule has 1 aliphatic heterocycles. The minimum Gasteiger partial charge on any atom is -0.362 e. The second-order valence-electron chi connectivity index (χ2n) is 5.88. The van der Waals surface area contributed by atoms with Gasteiger partial charge in [-0.25, -0.2) is 0 Å². The summed E-state index contributed by atoms with van der Waals surface area (Å²) in [5.74, 6) is -0.140. The van der Waals surface area contributed by atoms with E-state index in [2.05, 4.69) is 15.9 Å². The molecule has 0 atom stereocenters. The van der Waals surface area contributed by atoms with Crippen molar-refractivity contribution < 1.29 is 22.9 Å². The largest absolute Gasteiger partial charge is 0.416 e. The van der Waals surface area contributed by atoms with Crippen LogP contribution in [0.2, 0.25) is 0 Å². The van der Waals surface area contributed by atoms with E-state index in [1.165, 1.54) is 11.3 Å². The van der Waals surface area contributed by atoms with Gasteiger partial charge >= 0.3 is 6.18 Å². The zero-order valence-electron chi connectivity index (χ0n) is 13.7. The zero-order chi connectivity index (χ0) is 19.8. The lowest BCUT2D eigenvalue weighted by atomic mass is 10.1. The van der Waals surface area contributed by atoms with Crippen molar-refractivity contribution >= 4 is 44.5 Å². The number of carbonyl (C=O) groups excluding carboxylic acids is 1. The van der Waals surface area contributed by atoms with E-state index in [1.807, 2.05) is 0 Å². The fraction of sp³-hybridized carbons (Fsp3) is 0.312. The van der Waals surface area contributed by atoms with Crippen LogP contribution in [0.25, 0.3) is 0 Å². The fourth-order valence-electron chi connectivity index (χ4n) is 2.87. The van der Waals surface area contributed by atoms with Crippen LogP contribution in [0.5, 0.6) is 0 Å². The van der Waals surface area contributed by atoms with E-state index < -0.39 is 22.4 Å². The molecule has 2 heterocycles. The van der Waals surface area contributed by atoms with Gasteiger partial charge in [0.25, 0.3) is 11.6 Å². The third kappa shape index (κ3) is 4.24. The molecule has 0 bridgehead atoms. The summed E-state index contributed by atoms with van der Waals surface area (Å²) in [7, 11) is 0. The summed E-state index contributed by atoms with van der Waals surface area (Å²) in [5, 5.41) is 13.0. The van der Waals surface area contributed by atoms with Crippen LogP contribution >= 0.6 is 27.3 Å². The third-order valence-corrected chi connectivity index (χ3v) is 5.73. The van der Waals surface area contributed by atoms with Crippen LogP contribution in [0, 0.1) is 10.1 Å². The number of nitro benzene ring substituents is 1. The van der Waals surface area contributed by atoms with E-state index in [-0.39, 0.29) is 11.6 Å². The number of nitrogens with zero attached hydrogens (tertiary/aromatic N) is 3. The van der Waals surface area contributed by atoms with Crippen LogP contribution in [-0.4, -0.2) is 41.9 Å². The predicted octanol–water partition coefficient (Wildman–Crippen LogP) is 4.40. The molecule has 1 fully saturated rings. The number of carbonyl (C=O) groups is 1. The Labute approximate surface area is 164 Å². The minimum absolute atomic E-state index is 0.123. The molecule has 1 aromatic heterocycles. The van der Waals surface area contributed by atoms with Crippen molar-refractivity contribution in [1.29, 1.82) is 0 Å². The average Bonchev–Trinajstić information content (AvgIpc) is 3.06. The van der Waals surface area contributed by atoms with Crippen LogP contribution in [0.4, 0.5) is 24.5 Å². The zero-order valence-corrected chi connectivity index (χ0v) is 16.1. The van der Waals surface area contributed by atoms with Gasteiger partial charge in [0.1, 0.15) is 5.69 Å². The SMILES string of the molecule is O=C(c1csc(Br)c1)N1CCN(c2ccc(C(F)(F)F)cc2[N+](=O)[O-])CC1. The van der Waals surface area contributed by atoms with Gasteiger partial charge in [0.15, 0.2) is 0 Å². The molecule has 2 aromatic rings. The predicted molar refractivity (Wildman–Crippen MR) is 98.2 cm³/mol. The summed E-state index contributed by atoms with van der Waals surface area (Å²) in [6.07, 6.45) is -4.65. The summed E-state index contributed by atoms with van der Waals surface area (Å²) < 4.78 is 39.3. The first-order chi connectivity index (χ1) is 12.7. The van der Waals surface area contributed by atoms with Crippen molar-refractivity contribution in [1.82, 2.24) is 4.90 Å². The van der Waals surface area contributed by atoms with E-state index in [4.69, 9.17) is 0 Å². The molecule has 0 N–H and O–H groups in total.